The molecule has 0 saturated carbocycles. The van der Waals surface area contributed by atoms with Crippen molar-refractivity contribution in [3.63, 3.8) is 0 Å². The molecular weight excluding hydrogens is 226 g/mol. The molecule has 0 spiro atoms. The Morgan fingerprint density at radius 1 is 0.938 bits per heavy atom. The standard InChI is InChI=1S/C6H8N3O7/c1-5(7(10)11)3-15-9(14)16-4-6(2)8(12)13/h1-4H2/q+1. The van der Waals surface area contributed by atoms with E-state index in [1.807, 2.05) is 0 Å². The summed E-state index contributed by atoms with van der Waals surface area (Å²) in [7, 11) is 0. The van der Waals surface area contributed by atoms with Gasteiger partial charge in [0.25, 0.3) is 24.6 Å². The quantitative estimate of drug-likeness (QED) is 0.434. The van der Waals surface area contributed by atoms with Crippen LogP contribution in [0.4, 0.5) is 0 Å². The van der Waals surface area contributed by atoms with Crippen LogP contribution in [-0.4, -0.2) is 28.1 Å². The molecule has 0 radical (unpaired) electrons. The van der Waals surface area contributed by atoms with E-state index in [1.54, 1.807) is 0 Å². The van der Waals surface area contributed by atoms with Gasteiger partial charge in [-0.05, 0) is 13.2 Å². The van der Waals surface area contributed by atoms with Gasteiger partial charge in [-0.1, -0.05) is 0 Å². The molecule has 0 aromatic heterocycles. The normalized spacial score (nSPS) is 9.00. The molecule has 0 amide bonds. The summed E-state index contributed by atoms with van der Waals surface area (Å²) in [4.78, 5) is 37.3. The highest BCUT2D eigenvalue weighted by Crippen LogP contribution is 1.96. The monoisotopic (exact) mass is 234 g/mol. The molecule has 0 saturated heterocycles. The minimum absolute atomic E-state index is 0.483. The Morgan fingerprint density at radius 3 is 1.50 bits per heavy atom. The highest BCUT2D eigenvalue weighted by Gasteiger charge is 2.21. The van der Waals surface area contributed by atoms with Crippen molar-refractivity contribution < 1.29 is 24.6 Å². The maximum absolute atomic E-state index is 10.6. The summed E-state index contributed by atoms with van der Waals surface area (Å²) in [5, 5.41) is 19.6. The van der Waals surface area contributed by atoms with Crippen LogP contribution in [0.25, 0.3) is 0 Å². The molecule has 0 aromatic carbocycles. The fourth-order valence-corrected chi connectivity index (χ4v) is 0.397. The van der Waals surface area contributed by atoms with Crippen LogP contribution in [0.3, 0.4) is 0 Å². The number of hydrogen-bond acceptors (Lipinski definition) is 7. The average Bonchev–Trinajstić information content (AvgIpc) is 2.21. The van der Waals surface area contributed by atoms with Gasteiger partial charge in [0.05, 0.1) is 9.85 Å². The molecule has 0 bridgehead atoms. The van der Waals surface area contributed by atoms with Gasteiger partial charge in [-0.3, -0.25) is 20.2 Å². The van der Waals surface area contributed by atoms with Gasteiger partial charge in [0.2, 0.25) is 0 Å². The average molecular weight is 234 g/mol. The summed E-state index contributed by atoms with van der Waals surface area (Å²) < 4.78 is 0. The van der Waals surface area contributed by atoms with Gasteiger partial charge >= 0.3 is 5.09 Å². The van der Waals surface area contributed by atoms with Crippen molar-refractivity contribution in [2.45, 2.75) is 0 Å². The van der Waals surface area contributed by atoms with Crippen LogP contribution < -0.4 is 0 Å². The van der Waals surface area contributed by atoms with Crippen molar-refractivity contribution in [1.82, 2.24) is 0 Å². The minimum Gasteiger partial charge on any atom is -0.259 e. The van der Waals surface area contributed by atoms with Gasteiger partial charge in [-0.15, -0.1) is 0 Å². The predicted octanol–water partition coefficient (Wildman–Crippen LogP) is 0.209. The third kappa shape index (κ3) is 5.26. The Bertz CT molecular complexity index is 318. The number of hydrogen-bond donors (Lipinski definition) is 0. The van der Waals surface area contributed by atoms with Crippen molar-refractivity contribution in [3.05, 3.63) is 49.7 Å². The lowest BCUT2D eigenvalue weighted by atomic mass is 10.6. The fraction of sp³-hybridized carbons (Fsp3) is 0.333. The van der Waals surface area contributed by atoms with E-state index in [4.69, 9.17) is 0 Å². The largest absolute Gasteiger partial charge is 0.478 e. The molecule has 0 N–H and O–H groups in total. The van der Waals surface area contributed by atoms with E-state index in [2.05, 4.69) is 22.8 Å². The van der Waals surface area contributed by atoms with E-state index in [-0.39, 0.29) is 0 Å². The molecule has 16 heavy (non-hydrogen) atoms. The molecule has 0 rings (SSSR count). The summed E-state index contributed by atoms with van der Waals surface area (Å²) in [6.07, 6.45) is 0. The molecule has 10 nitrogen and oxygen atoms in total. The minimum atomic E-state index is -0.843. The van der Waals surface area contributed by atoms with Gasteiger partial charge in [-0.2, -0.15) is 9.68 Å². The molecule has 88 valence electrons. The van der Waals surface area contributed by atoms with E-state index >= 15 is 0 Å². The highest BCUT2D eigenvalue weighted by atomic mass is 17.0. The van der Waals surface area contributed by atoms with Crippen LogP contribution in [0.2, 0.25) is 0 Å². The van der Waals surface area contributed by atoms with Crippen LogP contribution in [0.5, 0.6) is 0 Å². The molecule has 0 aliphatic carbocycles. The lowest BCUT2D eigenvalue weighted by Crippen LogP contribution is -2.17. The van der Waals surface area contributed by atoms with E-state index in [9.17, 15) is 25.1 Å². The zero-order valence-electron chi connectivity index (χ0n) is 8.03. The van der Waals surface area contributed by atoms with E-state index in [0.29, 0.717) is 0 Å². The zero-order chi connectivity index (χ0) is 12.7. The smallest absolute Gasteiger partial charge is 0.259 e. The van der Waals surface area contributed by atoms with Crippen molar-refractivity contribution in [3.8, 4) is 0 Å². The van der Waals surface area contributed by atoms with Crippen molar-refractivity contribution in [2.24, 2.45) is 0 Å². The second-order valence-corrected chi connectivity index (χ2v) is 2.42. The Hall–Kier alpha value is -2.52. The number of rotatable bonds is 8. The van der Waals surface area contributed by atoms with Gasteiger partial charge < -0.3 is 0 Å². The second kappa shape index (κ2) is 6.06. The Morgan fingerprint density at radius 2 is 1.25 bits per heavy atom. The van der Waals surface area contributed by atoms with Gasteiger partial charge in [0, 0.05) is 0 Å². The Balaban J connectivity index is 3.84. The molecule has 0 heterocycles. The first-order valence-corrected chi connectivity index (χ1v) is 3.72. The Kier molecular flexibility index (Phi) is 5.10. The number of nitrogens with zero attached hydrogens (tertiary/aromatic N) is 3. The van der Waals surface area contributed by atoms with Crippen LogP contribution in [-0.2, 0) is 9.68 Å². The van der Waals surface area contributed by atoms with Crippen molar-refractivity contribution >= 4 is 0 Å². The van der Waals surface area contributed by atoms with Crippen molar-refractivity contribution in [1.29, 1.82) is 0 Å². The third-order valence-corrected chi connectivity index (χ3v) is 1.19. The number of nitro groups is 2. The van der Waals surface area contributed by atoms with Crippen molar-refractivity contribution in [2.75, 3.05) is 13.2 Å². The predicted molar refractivity (Wildman–Crippen MR) is 47.8 cm³/mol. The summed E-state index contributed by atoms with van der Waals surface area (Å²) in [6, 6.07) is 0. The molecule has 0 aliphatic rings. The molecule has 0 fully saturated rings. The first-order valence-electron chi connectivity index (χ1n) is 3.72. The maximum Gasteiger partial charge on any atom is 0.478 e. The first-order chi connectivity index (χ1) is 7.34. The molecule has 0 aliphatic heterocycles. The van der Waals surface area contributed by atoms with E-state index in [1.165, 1.54) is 0 Å². The van der Waals surface area contributed by atoms with Crippen LogP contribution in [0.15, 0.2) is 24.6 Å². The highest BCUT2D eigenvalue weighted by molar-refractivity contribution is 4.79. The molecule has 0 unspecified atom stereocenters. The summed E-state index contributed by atoms with van der Waals surface area (Å²) >= 11 is 0. The van der Waals surface area contributed by atoms with Crippen LogP contribution in [0, 0.1) is 25.1 Å². The van der Waals surface area contributed by atoms with Gasteiger partial charge in [0.15, 0.2) is 0 Å². The fourth-order valence-electron chi connectivity index (χ4n) is 0.397. The zero-order valence-corrected chi connectivity index (χ0v) is 8.03. The van der Waals surface area contributed by atoms with Gasteiger partial charge in [-0.25, -0.2) is 0 Å². The van der Waals surface area contributed by atoms with E-state index < -0.39 is 39.5 Å². The van der Waals surface area contributed by atoms with E-state index in [0.717, 1.165) is 0 Å². The topological polar surface area (TPSA) is 125 Å². The molecule has 0 aromatic rings. The first kappa shape index (κ1) is 13.5. The molecule has 0 atom stereocenters. The summed E-state index contributed by atoms with van der Waals surface area (Å²) in [5.41, 5.74) is -1.12. The second-order valence-electron chi connectivity index (χ2n) is 2.42. The third-order valence-electron chi connectivity index (χ3n) is 1.19. The summed E-state index contributed by atoms with van der Waals surface area (Å²) in [6.45, 7) is 4.57. The van der Waals surface area contributed by atoms with Crippen LogP contribution in [0.1, 0.15) is 0 Å². The lowest BCUT2D eigenvalue weighted by molar-refractivity contribution is -0.981. The Labute approximate surface area is 88.5 Å². The molecular formula is C6H8N3O7+. The lowest BCUT2D eigenvalue weighted by Gasteiger charge is -1.92. The molecule has 10 heteroatoms. The SMILES string of the molecule is C=C(CO[N+](=O)OCC(=C)[N+](=O)[O-])[N+](=O)[O-]. The summed E-state index contributed by atoms with van der Waals surface area (Å²) in [5.74, 6) is 0. The van der Waals surface area contributed by atoms with Crippen LogP contribution >= 0.6 is 0 Å². The van der Waals surface area contributed by atoms with Gasteiger partial charge in [0.1, 0.15) is 4.91 Å². The maximum atomic E-state index is 10.6.